The predicted octanol–water partition coefficient (Wildman–Crippen LogP) is 3.94. The molecule has 0 amide bonds. The summed E-state index contributed by atoms with van der Waals surface area (Å²) >= 11 is 12.0. The molecule has 0 aliphatic carbocycles. The average molecular weight is 245 g/mol. The van der Waals surface area contributed by atoms with Gasteiger partial charge in [-0.05, 0) is 22.9 Å². The first-order chi connectivity index (χ1) is 6.77. The van der Waals surface area contributed by atoms with Crippen molar-refractivity contribution in [3.8, 4) is 5.75 Å². The minimum absolute atomic E-state index is 0.426. The molecule has 1 nitrogen and oxygen atoms in total. The maximum Gasteiger partial charge on any atom is 0.125 e. The highest BCUT2D eigenvalue weighted by molar-refractivity contribution is 7.80. The normalized spacial score (nSPS) is 10.8. The van der Waals surface area contributed by atoms with Crippen LogP contribution in [0.4, 0.5) is 0 Å². The first-order valence-corrected chi connectivity index (χ1v) is 5.96. The number of rotatable bonds is 2. The summed E-state index contributed by atoms with van der Waals surface area (Å²) < 4.78 is 6.44. The number of thiol groups is 1. The van der Waals surface area contributed by atoms with Crippen LogP contribution in [0.3, 0.4) is 0 Å². The molecule has 74 valence electrons. The van der Waals surface area contributed by atoms with Crippen molar-refractivity contribution in [2.24, 2.45) is 0 Å². The number of hydrogen-bond acceptors (Lipinski definition) is 3. The van der Waals surface area contributed by atoms with Crippen molar-refractivity contribution in [3.63, 3.8) is 0 Å². The molecule has 1 aromatic carbocycles. The van der Waals surface area contributed by atoms with Crippen LogP contribution in [0, 0.1) is 0 Å². The second-order valence-electron chi connectivity index (χ2n) is 2.88. The molecule has 0 aliphatic heterocycles. The van der Waals surface area contributed by atoms with Gasteiger partial charge in [0, 0.05) is 15.2 Å². The Labute approximate surface area is 97.1 Å². The Morgan fingerprint density at radius 1 is 1.57 bits per heavy atom. The third-order valence-corrected chi connectivity index (χ3v) is 3.99. The molecule has 4 heteroatoms. The number of ether oxygens (including phenoxy) is 1. The van der Waals surface area contributed by atoms with Crippen molar-refractivity contribution >= 4 is 45.7 Å². The largest absolute Gasteiger partial charge is 0.496 e. The number of benzene rings is 1. The van der Waals surface area contributed by atoms with E-state index in [2.05, 4.69) is 18.7 Å². The lowest BCUT2D eigenvalue weighted by atomic mass is 10.1. The molecule has 0 spiro atoms. The van der Waals surface area contributed by atoms with Gasteiger partial charge in [-0.15, -0.1) is 35.6 Å². The highest BCUT2D eigenvalue weighted by atomic mass is 35.5. The van der Waals surface area contributed by atoms with Crippen LogP contribution in [0.2, 0.25) is 0 Å². The van der Waals surface area contributed by atoms with Crippen LogP contribution < -0.4 is 4.74 Å². The number of alkyl halides is 1. The van der Waals surface area contributed by atoms with E-state index in [4.69, 9.17) is 16.3 Å². The molecule has 0 N–H and O–H groups in total. The molecule has 0 bridgehead atoms. The predicted molar refractivity (Wildman–Crippen MR) is 65.2 cm³/mol. The molecule has 0 fully saturated rings. The number of halogens is 1. The fourth-order valence-corrected chi connectivity index (χ4v) is 3.10. The number of methoxy groups -OCH3 is 1. The number of thiophene rings is 1. The summed E-state index contributed by atoms with van der Waals surface area (Å²) in [4.78, 5) is 0.935. The number of hydrogen-bond donors (Lipinski definition) is 1. The molecule has 0 saturated carbocycles. The molecule has 14 heavy (non-hydrogen) atoms. The lowest BCUT2D eigenvalue weighted by molar-refractivity contribution is 0.410. The third-order valence-electron chi connectivity index (χ3n) is 2.13. The molecule has 0 radical (unpaired) electrons. The first-order valence-electron chi connectivity index (χ1n) is 4.10. The number of fused-ring (bicyclic) bond motifs is 1. The third kappa shape index (κ3) is 1.49. The summed E-state index contributed by atoms with van der Waals surface area (Å²) in [5.74, 6) is 1.24. The van der Waals surface area contributed by atoms with Gasteiger partial charge in [0.1, 0.15) is 5.75 Å². The van der Waals surface area contributed by atoms with E-state index in [1.165, 1.54) is 4.70 Å². The summed E-state index contributed by atoms with van der Waals surface area (Å²) in [5, 5.41) is 3.20. The smallest absolute Gasteiger partial charge is 0.125 e. The van der Waals surface area contributed by atoms with Gasteiger partial charge in [-0.1, -0.05) is 0 Å². The zero-order valence-corrected chi connectivity index (χ0v) is 10.0. The van der Waals surface area contributed by atoms with Crippen molar-refractivity contribution in [1.82, 2.24) is 0 Å². The fraction of sp³-hybridized carbons (Fsp3) is 0.200. The molecule has 0 atom stereocenters. The van der Waals surface area contributed by atoms with Crippen LogP contribution in [0.15, 0.2) is 22.4 Å². The van der Waals surface area contributed by atoms with Crippen LogP contribution in [0.5, 0.6) is 5.75 Å². The zero-order valence-electron chi connectivity index (χ0n) is 7.58. The van der Waals surface area contributed by atoms with E-state index < -0.39 is 0 Å². The van der Waals surface area contributed by atoms with E-state index in [9.17, 15) is 0 Å². The highest BCUT2D eigenvalue weighted by Gasteiger charge is 2.11. The maximum absolute atomic E-state index is 5.86. The van der Waals surface area contributed by atoms with Gasteiger partial charge in [0.05, 0.1) is 13.0 Å². The Morgan fingerprint density at radius 2 is 2.36 bits per heavy atom. The Hall–Kier alpha value is -0.380. The molecule has 1 heterocycles. The molecule has 2 rings (SSSR count). The van der Waals surface area contributed by atoms with E-state index in [1.807, 2.05) is 11.4 Å². The van der Waals surface area contributed by atoms with Crippen LogP contribution >= 0.6 is 35.6 Å². The van der Waals surface area contributed by atoms with Crippen LogP contribution in [0.1, 0.15) is 5.56 Å². The second-order valence-corrected chi connectivity index (χ2v) is 4.51. The molecular weight excluding hydrogens is 236 g/mol. The monoisotopic (exact) mass is 244 g/mol. The van der Waals surface area contributed by atoms with Gasteiger partial charge in [-0.2, -0.15) is 0 Å². The molecular formula is C10H9ClOS2. The quantitative estimate of drug-likeness (QED) is 0.622. The van der Waals surface area contributed by atoms with Crippen molar-refractivity contribution in [2.75, 3.05) is 7.11 Å². The van der Waals surface area contributed by atoms with E-state index in [0.29, 0.717) is 5.88 Å². The Bertz CT molecular complexity index is 464. The SMILES string of the molecule is COc1cc2ccsc2c(S)c1CCl. The van der Waals surface area contributed by atoms with E-state index >= 15 is 0 Å². The first kappa shape index (κ1) is 10.1. The van der Waals surface area contributed by atoms with Crippen molar-refractivity contribution in [2.45, 2.75) is 10.8 Å². The summed E-state index contributed by atoms with van der Waals surface area (Å²) in [6.07, 6.45) is 0. The van der Waals surface area contributed by atoms with Crippen molar-refractivity contribution in [1.29, 1.82) is 0 Å². The van der Waals surface area contributed by atoms with Crippen LogP contribution in [0.25, 0.3) is 10.1 Å². The zero-order chi connectivity index (χ0) is 10.1. The maximum atomic E-state index is 5.86. The standard InChI is InChI=1S/C10H9ClOS2/c1-12-8-4-6-2-3-14-10(6)9(13)7(8)5-11/h2-4,13H,5H2,1H3. The van der Waals surface area contributed by atoms with Gasteiger partial charge in [-0.25, -0.2) is 0 Å². The summed E-state index contributed by atoms with van der Waals surface area (Å²) in [5.41, 5.74) is 0.965. The highest BCUT2D eigenvalue weighted by Crippen LogP contribution is 2.37. The topological polar surface area (TPSA) is 9.23 Å². The van der Waals surface area contributed by atoms with Crippen molar-refractivity contribution < 1.29 is 4.74 Å². The van der Waals surface area contributed by atoms with Crippen molar-refractivity contribution in [3.05, 3.63) is 23.1 Å². The summed E-state index contributed by atoms with van der Waals surface area (Å²) in [6.45, 7) is 0. The molecule has 0 aliphatic rings. The lowest BCUT2D eigenvalue weighted by Crippen LogP contribution is -1.90. The van der Waals surface area contributed by atoms with Gasteiger partial charge in [-0.3, -0.25) is 0 Å². The molecule has 0 saturated heterocycles. The van der Waals surface area contributed by atoms with E-state index in [-0.39, 0.29) is 0 Å². The fourth-order valence-electron chi connectivity index (χ4n) is 1.42. The Kier molecular flexibility index (Phi) is 2.91. The minimum Gasteiger partial charge on any atom is -0.496 e. The second kappa shape index (κ2) is 4.01. The van der Waals surface area contributed by atoms with Gasteiger partial charge in [0.2, 0.25) is 0 Å². The van der Waals surface area contributed by atoms with Gasteiger partial charge in [0.25, 0.3) is 0 Å². The van der Waals surface area contributed by atoms with E-state index in [0.717, 1.165) is 21.6 Å². The Morgan fingerprint density at radius 3 is 3.00 bits per heavy atom. The van der Waals surface area contributed by atoms with Crippen LogP contribution in [-0.4, -0.2) is 7.11 Å². The molecule has 2 aromatic rings. The van der Waals surface area contributed by atoms with Gasteiger partial charge < -0.3 is 4.74 Å². The summed E-state index contributed by atoms with van der Waals surface area (Å²) in [6, 6.07) is 4.06. The lowest BCUT2D eigenvalue weighted by Gasteiger charge is -2.09. The Balaban J connectivity index is 2.79. The average Bonchev–Trinajstić information content (AvgIpc) is 2.65. The molecule has 0 unspecified atom stereocenters. The minimum atomic E-state index is 0.426. The van der Waals surface area contributed by atoms with Gasteiger partial charge >= 0.3 is 0 Å². The van der Waals surface area contributed by atoms with Gasteiger partial charge in [0.15, 0.2) is 0 Å². The van der Waals surface area contributed by atoms with E-state index in [1.54, 1.807) is 18.4 Å². The summed E-state index contributed by atoms with van der Waals surface area (Å²) in [7, 11) is 1.65. The van der Waals surface area contributed by atoms with Crippen LogP contribution in [-0.2, 0) is 5.88 Å². The molecule has 1 aromatic heterocycles.